The molecule has 0 aromatic rings. The molecule has 0 atom stereocenters. The van der Waals surface area contributed by atoms with Crippen LogP contribution in [0.2, 0.25) is 0 Å². The van der Waals surface area contributed by atoms with Gasteiger partial charge < -0.3 is 19.5 Å². The van der Waals surface area contributed by atoms with Crippen LogP contribution in [0.3, 0.4) is 0 Å². The molecule has 0 bridgehead atoms. The third-order valence-corrected chi connectivity index (χ3v) is 1.07. The van der Waals surface area contributed by atoms with Crippen LogP contribution in [0.1, 0.15) is 0 Å². The van der Waals surface area contributed by atoms with Gasteiger partial charge in [-0.2, -0.15) is 5.06 Å². The van der Waals surface area contributed by atoms with E-state index in [-0.39, 0.29) is 47.8 Å². The zero-order valence-corrected chi connectivity index (χ0v) is 8.81. The average molecular weight is 197 g/mol. The summed E-state index contributed by atoms with van der Waals surface area (Å²) in [7, 11) is 0. The van der Waals surface area contributed by atoms with E-state index in [0.717, 1.165) is 0 Å². The Morgan fingerprint density at radius 3 is 2.23 bits per heavy atom. The van der Waals surface area contributed by atoms with Gasteiger partial charge >= 0.3 is 29.6 Å². The first-order valence-electron chi connectivity index (χ1n) is 2.93. The zero-order chi connectivity index (χ0) is 9.14. The van der Waals surface area contributed by atoms with Crippen LogP contribution in [0.15, 0.2) is 0 Å². The summed E-state index contributed by atoms with van der Waals surface area (Å²) in [6, 6.07) is 0. The first kappa shape index (κ1) is 12.4. The molecule has 0 spiro atoms. The molecule has 0 unspecified atom stereocenters. The van der Waals surface area contributed by atoms with Gasteiger partial charge in [-0.05, 0) is 0 Å². The molecule has 2 amide bonds. The first-order valence-corrected chi connectivity index (χ1v) is 2.93. The third kappa shape index (κ3) is 3.31. The van der Waals surface area contributed by atoms with Gasteiger partial charge in [-0.3, -0.25) is 9.59 Å². The molecule has 1 fully saturated rings. The maximum Gasteiger partial charge on any atom is 1.00 e. The molecule has 66 valence electrons. The number of carboxylic acid groups (broad SMARTS) is 1. The summed E-state index contributed by atoms with van der Waals surface area (Å²) in [5.74, 6) is -1.73. The summed E-state index contributed by atoms with van der Waals surface area (Å²) >= 11 is 0. The normalized spacial score (nSPS) is 16.5. The van der Waals surface area contributed by atoms with E-state index in [4.69, 9.17) is 0 Å². The fourth-order valence-corrected chi connectivity index (χ4v) is 0.658. The molecule has 8 heteroatoms. The molecule has 0 aliphatic carbocycles. The Morgan fingerprint density at radius 1 is 1.38 bits per heavy atom. The summed E-state index contributed by atoms with van der Waals surface area (Å²) in [6.45, 7) is -0.752. The van der Waals surface area contributed by atoms with E-state index in [9.17, 15) is 19.5 Å². The predicted molar refractivity (Wildman–Crippen MR) is 29.2 cm³/mol. The molecule has 1 aliphatic rings. The van der Waals surface area contributed by atoms with Crippen LogP contribution in [0, 0.1) is 0 Å². The van der Waals surface area contributed by atoms with Gasteiger partial charge in [-0.25, -0.2) is 0 Å². The molecule has 0 aromatic carbocycles. The van der Waals surface area contributed by atoms with Crippen molar-refractivity contribution in [2.45, 2.75) is 0 Å². The van der Waals surface area contributed by atoms with Crippen molar-refractivity contribution >= 4 is 18.0 Å². The number of carbonyl (C=O) groups is 3. The molecule has 0 N–H and O–H groups in total. The van der Waals surface area contributed by atoms with E-state index in [1.54, 1.807) is 0 Å². The second kappa shape index (κ2) is 5.18. The maximum atomic E-state index is 10.7. The van der Waals surface area contributed by atoms with Crippen molar-refractivity contribution < 1.29 is 58.6 Å². The second-order valence-corrected chi connectivity index (χ2v) is 1.92. The topological polar surface area (TPSA) is 96.0 Å². The number of nitrogens with zero attached hydrogens (tertiary/aromatic N) is 1. The maximum absolute atomic E-state index is 10.7. The van der Waals surface area contributed by atoms with Gasteiger partial charge in [0.2, 0.25) is 0 Å². The van der Waals surface area contributed by atoms with Crippen LogP contribution in [-0.2, 0) is 19.2 Å². The van der Waals surface area contributed by atoms with Crippen molar-refractivity contribution in [2.75, 3.05) is 13.2 Å². The molecule has 0 saturated carbocycles. The summed E-state index contributed by atoms with van der Waals surface area (Å²) in [5.41, 5.74) is 0. The van der Waals surface area contributed by atoms with Gasteiger partial charge in [0.1, 0.15) is 13.2 Å². The number of imide groups is 1. The minimum absolute atomic E-state index is 0. The SMILES string of the molecule is O=C([O-])ON1C(=O)COCC1=O.[Na+]. The van der Waals surface area contributed by atoms with Gasteiger partial charge in [0.05, 0.1) is 0 Å². The Balaban J connectivity index is 0.00000144. The summed E-state index contributed by atoms with van der Waals surface area (Å²) in [5, 5.41) is 9.95. The number of hydrogen-bond acceptors (Lipinski definition) is 6. The van der Waals surface area contributed by atoms with Crippen molar-refractivity contribution in [3.8, 4) is 0 Å². The Hall–Kier alpha value is -0.630. The van der Waals surface area contributed by atoms with Crippen molar-refractivity contribution in [3.05, 3.63) is 0 Å². The van der Waals surface area contributed by atoms with Gasteiger partial charge in [0.15, 0.2) is 0 Å². The summed E-state index contributed by atoms with van der Waals surface area (Å²) < 4.78 is 4.47. The molecular formula is C5H4NNaO6. The minimum Gasteiger partial charge on any atom is -0.430 e. The molecular weight excluding hydrogens is 193 g/mol. The molecule has 0 radical (unpaired) electrons. The van der Waals surface area contributed by atoms with E-state index >= 15 is 0 Å². The quantitative estimate of drug-likeness (QED) is 0.307. The van der Waals surface area contributed by atoms with Gasteiger partial charge in [-0.15, -0.1) is 0 Å². The number of hydrogen-bond donors (Lipinski definition) is 0. The Kier molecular flexibility index (Phi) is 4.92. The molecule has 1 aliphatic heterocycles. The smallest absolute Gasteiger partial charge is 0.430 e. The van der Waals surface area contributed by atoms with E-state index < -0.39 is 18.0 Å². The predicted octanol–water partition coefficient (Wildman–Crippen LogP) is -5.35. The number of morpholine rings is 1. The van der Waals surface area contributed by atoms with Gasteiger partial charge in [0.25, 0.3) is 18.0 Å². The fourth-order valence-electron chi connectivity index (χ4n) is 0.658. The van der Waals surface area contributed by atoms with Crippen LogP contribution in [0.5, 0.6) is 0 Å². The fraction of sp³-hybridized carbons (Fsp3) is 0.400. The summed E-state index contributed by atoms with van der Waals surface area (Å²) in [4.78, 5) is 35.0. The number of amides is 2. The third-order valence-electron chi connectivity index (χ3n) is 1.07. The van der Waals surface area contributed by atoms with Crippen molar-refractivity contribution in [1.82, 2.24) is 5.06 Å². The molecule has 7 nitrogen and oxygen atoms in total. The van der Waals surface area contributed by atoms with Crippen LogP contribution in [0.25, 0.3) is 0 Å². The second-order valence-electron chi connectivity index (χ2n) is 1.92. The van der Waals surface area contributed by atoms with Crippen LogP contribution < -0.4 is 34.7 Å². The van der Waals surface area contributed by atoms with Crippen LogP contribution in [0.4, 0.5) is 4.79 Å². The largest absolute Gasteiger partial charge is 1.00 e. The van der Waals surface area contributed by atoms with Gasteiger partial charge in [0, 0.05) is 0 Å². The van der Waals surface area contributed by atoms with E-state index in [2.05, 4.69) is 9.57 Å². The Bertz CT molecular complexity index is 225. The van der Waals surface area contributed by atoms with E-state index in [1.165, 1.54) is 0 Å². The number of ether oxygens (including phenoxy) is 1. The van der Waals surface area contributed by atoms with Crippen molar-refractivity contribution in [1.29, 1.82) is 0 Å². The monoisotopic (exact) mass is 197 g/mol. The van der Waals surface area contributed by atoms with E-state index in [1.807, 2.05) is 0 Å². The van der Waals surface area contributed by atoms with Crippen LogP contribution >= 0.6 is 0 Å². The first-order chi connectivity index (χ1) is 5.61. The molecule has 1 rings (SSSR count). The summed E-state index contributed by atoms with van der Waals surface area (Å²) in [6.07, 6.45) is -1.96. The van der Waals surface area contributed by atoms with Crippen molar-refractivity contribution in [3.63, 3.8) is 0 Å². The zero-order valence-electron chi connectivity index (χ0n) is 6.81. The molecule has 1 saturated heterocycles. The van der Waals surface area contributed by atoms with Gasteiger partial charge in [-0.1, -0.05) is 0 Å². The van der Waals surface area contributed by atoms with Crippen molar-refractivity contribution in [2.24, 2.45) is 0 Å². The molecule has 0 aromatic heterocycles. The Morgan fingerprint density at radius 2 is 1.85 bits per heavy atom. The minimum atomic E-state index is -1.96. The van der Waals surface area contributed by atoms with E-state index in [0.29, 0.717) is 0 Å². The molecule has 1 heterocycles. The standard InChI is InChI=1S/C5H5NO6.Na/c7-3-1-11-2-4(8)6(3)12-5(9)10;/h1-2H2,(H,9,10);/q;+1/p-1. The number of carbonyl (C=O) groups excluding carboxylic acids is 3. The Labute approximate surface area is 94.8 Å². The number of rotatable bonds is 1. The number of hydroxylamine groups is 2. The molecule has 13 heavy (non-hydrogen) atoms. The van der Waals surface area contributed by atoms with Crippen LogP contribution in [-0.4, -0.2) is 36.2 Å². The average Bonchev–Trinajstić information content (AvgIpc) is 1.97.